The first-order valence-corrected chi connectivity index (χ1v) is 1.31. The number of rotatable bonds is 1. The molecule has 0 bridgehead atoms. The molecule has 2 nitrogen and oxygen atoms in total. The summed E-state index contributed by atoms with van der Waals surface area (Å²) in [4.78, 5) is 0. The number of ether oxygens (including phenoxy) is 1. The molecule has 30 valence electrons. The van der Waals surface area contributed by atoms with Crippen LogP contribution < -0.4 is 5.73 Å². The first-order chi connectivity index (χ1) is 2.41. The van der Waals surface area contributed by atoms with Crippen LogP contribution in [-0.2, 0) is 4.74 Å². The Kier molecular flexibility index (Phi) is 2.90. The van der Waals surface area contributed by atoms with Gasteiger partial charge in [-0.25, -0.2) is 0 Å². The van der Waals surface area contributed by atoms with Crippen molar-refractivity contribution in [1.29, 1.82) is 0 Å². The first kappa shape index (κ1) is 4.34. The maximum Gasteiger partial charge on any atom is 0.0979 e. The number of methoxy groups -OCH3 is 1. The summed E-state index contributed by atoms with van der Waals surface area (Å²) in [5, 5.41) is 0. The molecule has 2 N–H and O–H groups in total. The van der Waals surface area contributed by atoms with Crippen molar-refractivity contribution >= 4 is 0 Å². The maximum atomic E-state index is 4.83. The average molecular weight is 73.1 g/mol. The van der Waals surface area contributed by atoms with Gasteiger partial charge in [0.2, 0.25) is 0 Å². The molecule has 0 heterocycles. The maximum absolute atomic E-state index is 4.83. The van der Waals surface area contributed by atoms with E-state index in [0.717, 1.165) is 0 Å². The van der Waals surface area contributed by atoms with Crippen LogP contribution in [0.15, 0.2) is 12.5 Å². The Bertz CT molecular complexity index is 33.9. The van der Waals surface area contributed by atoms with E-state index in [9.17, 15) is 0 Å². The Morgan fingerprint density at radius 1 is 1.80 bits per heavy atom. The fraction of sp³-hybridized carbons (Fsp3) is 0.333. The molecule has 0 aromatic carbocycles. The largest absolute Gasteiger partial charge is 0.503 e. The van der Waals surface area contributed by atoms with E-state index < -0.39 is 0 Å². The van der Waals surface area contributed by atoms with Crippen LogP contribution in [0.2, 0.25) is 0 Å². The van der Waals surface area contributed by atoms with Crippen LogP contribution in [-0.4, -0.2) is 7.11 Å². The van der Waals surface area contributed by atoms with Crippen LogP contribution >= 0.6 is 0 Å². The van der Waals surface area contributed by atoms with Crippen molar-refractivity contribution in [3.63, 3.8) is 0 Å². The lowest BCUT2D eigenvalue weighted by molar-refractivity contribution is 0.337. The minimum absolute atomic E-state index is 1.33. The summed E-state index contributed by atoms with van der Waals surface area (Å²) in [5.41, 5.74) is 4.83. The molecular weight excluding hydrogens is 66.0 g/mol. The SMILES string of the molecule is COC=CN. The van der Waals surface area contributed by atoms with Crippen molar-refractivity contribution in [1.82, 2.24) is 0 Å². The van der Waals surface area contributed by atoms with Gasteiger partial charge in [-0.3, -0.25) is 0 Å². The van der Waals surface area contributed by atoms with E-state index in [1.807, 2.05) is 0 Å². The van der Waals surface area contributed by atoms with Crippen LogP contribution in [0.5, 0.6) is 0 Å². The van der Waals surface area contributed by atoms with Crippen LogP contribution in [0.4, 0.5) is 0 Å². The predicted molar refractivity (Wildman–Crippen MR) is 20.3 cm³/mol. The fourth-order valence-electron chi connectivity index (χ4n) is 0.0786. The average Bonchev–Trinajstić information content (AvgIpc) is 1.41. The molecule has 0 fully saturated rings. The summed E-state index contributed by atoms with van der Waals surface area (Å²) in [5.74, 6) is 0. The van der Waals surface area contributed by atoms with Gasteiger partial charge in [-0.2, -0.15) is 0 Å². The molecule has 0 aromatic rings. The van der Waals surface area contributed by atoms with Crippen molar-refractivity contribution in [3.8, 4) is 0 Å². The normalized spacial score (nSPS) is 9.00. The number of hydrogen-bond acceptors (Lipinski definition) is 2. The Hall–Kier alpha value is -0.660. The van der Waals surface area contributed by atoms with Gasteiger partial charge >= 0.3 is 0 Å². The molecule has 0 aromatic heterocycles. The number of hydrogen-bond donors (Lipinski definition) is 1. The summed E-state index contributed by atoms with van der Waals surface area (Å²) in [6, 6.07) is 0. The number of nitrogens with two attached hydrogens (primary N) is 1. The molecule has 5 heavy (non-hydrogen) atoms. The van der Waals surface area contributed by atoms with Crippen molar-refractivity contribution < 1.29 is 4.74 Å². The third kappa shape index (κ3) is 3.34. The zero-order valence-electron chi connectivity index (χ0n) is 3.14. The fourth-order valence-corrected chi connectivity index (χ4v) is 0.0786. The summed E-state index contributed by atoms with van der Waals surface area (Å²) in [6.07, 6.45) is 2.74. The minimum atomic E-state index is 1.33. The Labute approximate surface area is 31.2 Å². The van der Waals surface area contributed by atoms with E-state index in [1.165, 1.54) is 12.5 Å². The first-order valence-electron chi connectivity index (χ1n) is 1.31. The molecule has 0 rings (SSSR count). The lowest BCUT2D eigenvalue weighted by atomic mass is 11.0. The molecule has 0 radical (unpaired) electrons. The molecule has 0 aliphatic rings. The third-order valence-corrected chi connectivity index (χ3v) is 0.215. The van der Waals surface area contributed by atoms with Crippen LogP contribution in [0.3, 0.4) is 0 Å². The van der Waals surface area contributed by atoms with E-state index >= 15 is 0 Å². The molecular formula is C3H7NO. The van der Waals surface area contributed by atoms with Crippen LogP contribution in [0.25, 0.3) is 0 Å². The topological polar surface area (TPSA) is 35.2 Å². The molecule has 0 amide bonds. The van der Waals surface area contributed by atoms with Crippen LogP contribution in [0, 0.1) is 0 Å². The molecule has 0 saturated heterocycles. The van der Waals surface area contributed by atoms with Gasteiger partial charge in [-0.1, -0.05) is 0 Å². The van der Waals surface area contributed by atoms with E-state index in [1.54, 1.807) is 7.11 Å². The molecule has 0 atom stereocenters. The molecule has 0 aliphatic heterocycles. The van der Waals surface area contributed by atoms with Gasteiger partial charge in [-0.15, -0.1) is 0 Å². The molecule has 0 saturated carbocycles. The highest BCUT2D eigenvalue weighted by molar-refractivity contribution is 4.60. The molecule has 0 unspecified atom stereocenters. The molecule has 2 heteroatoms. The van der Waals surface area contributed by atoms with Gasteiger partial charge in [0.25, 0.3) is 0 Å². The standard InChI is InChI=1S/C3H7NO/c1-5-3-2-4/h2-3H,4H2,1H3. The minimum Gasteiger partial charge on any atom is -0.503 e. The van der Waals surface area contributed by atoms with Gasteiger partial charge in [0, 0.05) is 6.20 Å². The molecule has 0 aliphatic carbocycles. The van der Waals surface area contributed by atoms with E-state index in [4.69, 9.17) is 5.73 Å². The second kappa shape index (κ2) is 3.34. The summed E-state index contributed by atoms with van der Waals surface area (Å²) >= 11 is 0. The van der Waals surface area contributed by atoms with Gasteiger partial charge in [-0.05, 0) is 0 Å². The van der Waals surface area contributed by atoms with Gasteiger partial charge in [0.1, 0.15) is 0 Å². The second-order valence-electron chi connectivity index (χ2n) is 0.564. The zero-order valence-corrected chi connectivity index (χ0v) is 3.14. The van der Waals surface area contributed by atoms with Crippen molar-refractivity contribution in [3.05, 3.63) is 12.5 Å². The highest BCUT2D eigenvalue weighted by Crippen LogP contribution is 1.57. The Balaban J connectivity index is 2.62. The summed E-state index contributed by atoms with van der Waals surface area (Å²) in [7, 11) is 1.54. The lowest BCUT2D eigenvalue weighted by Gasteiger charge is -1.76. The molecule has 0 spiro atoms. The monoisotopic (exact) mass is 73.1 g/mol. The smallest absolute Gasteiger partial charge is 0.0979 e. The van der Waals surface area contributed by atoms with Gasteiger partial charge in [0.15, 0.2) is 0 Å². The lowest BCUT2D eigenvalue weighted by Crippen LogP contribution is -1.75. The van der Waals surface area contributed by atoms with Crippen molar-refractivity contribution in [2.45, 2.75) is 0 Å². The van der Waals surface area contributed by atoms with E-state index in [-0.39, 0.29) is 0 Å². The zero-order chi connectivity index (χ0) is 4.12. The van der Waals surface area contributed by atoms with Crippen molar-refractivity contribution in [2.24, 2.45) is 5.73 Å². The highest BCUT2D eigenvalue weighted by Gasteiger charge is 1.46. The van der Waals surface area contributed by atoms with Gasteiger partial charge < -0.3 is 10.5 Å². The van der Waals surface area contributed by atoms with E-state index in [0.29, 0.717) is 0 Å². The predicted octanol–water partition coefficient (Wildman–Crippen LogP) is 0.0627. The van der Waals surface area contributed by atoms with E-state index in [2.05, 4.69) is 4.74 Å². The van der Waals surface area contributed by atoms with Gasteiger partial charge in [0.05, 0.1) is 13.4 Å². The second-order valence-corrected chi connectivity index (χ2v) is 0.564. The Morgan fingerprint density at radius 3 is 2.40 bits per heavy atom. The summed E-state index contributed by atoms with van der Waals surface area (Å²) in [6.45, 7) is 0. The van der Waals surface area contributed by atoms with Crippen LogP contribution in [0.1, 0.15) is 0 Å². The summed E-state index contributed by atoms with van der Waals surface area (Å²) < 4.78 is 4.39. The Morgan fingerprint density at radius 2 is 2.40 bits per heavy atom. The quantitative estimate of drug-likeness (QED) is 0.445. The highest BCUT2D eigenvalue weighted by atomic mass is 16.5. The van der Waals surface area contributed by atoms with Crippen molar-refractivity contribution in [2.75, 3.05) is 7.11 Å². The third-order valence-electron chi connectivity index (χ3n) is 0.215.